The lowest BCUT2D eigenvalue weighted by Crippen LogP contribution is -2.51. The van der Waals surface area contributed by atoms with Gasteiger partial charge in [-0.25, -0.2) is 0 Å². The Balaban J connectivity index is 1.72. The van der Waals surface area contributed by atoms with Crippen LogP contribution in [0.2, 0.25) is 0 Å². The van der Waals surface area contributed by atoms with Crippen molar-refractivity contribution >= 4 is 46.2 Å². The van der Waals surface area contributed by atoms with Gasteiger partial charge in [0.05, 0.1) is 0 Å². The van der Waals surface area contributed by atoms with Gasteiger partial charge in [0.25, 0.3) is 0 Å². The third kappa shape index (κ3) is 2.89. The molecule has 1 nitrogen and oxygen atoms in total. The van der Waals surface area contributed by atoms with E-state index in [0.29, 0.717) is 5.92 Å². The first-order chi connectivity index (χ1) is 14.3. The molecule has 0 saturated carbocycles. The molecule has 0 aliphatic carbocycles. The van der Waals surface area contributed by atoms with Gasteiger partial charge in [0.15, 0.2) is 0 Å². The van der Waals surface area contributed by atoms with Crippen LogP contribution in [-0.2, 0) is 0 Å². The van der Waals surface area contributed by atoms with E-state index in [-0.39, 0.29) is 11.0 Å². The number of alkyl halides is 1. The Morgan fingerprint density at radius 2 is 1.87 bits per heavy atom. The normalized spacial score (nSPS) is 23.0. The number of hydrogen-bond acceptors (Lipinski definition) is 1. The molecule has 3 heteroatoms. The summed E-state index contributed by atoms with van der Waals surface area (Å²) in [4.78, 5) is 2.41. The third-order valence-electron chi connectivity index (χ3n) is 7.07. The number of anilines is 1. The van der Waals surface area contributed by atoms with Gasteiger partial charge in [0, 0.05) is 11.2 Å². The molecule has 3 atom stereocenters. The van der Waals surface area contributed by atoms with Gasteiger partial charge in [-0.1, -0.05) is 75.5 Å². The molecule has 0 N–H and O–H groups in total. The minimum atomic E-state index is -0.768. The van der Waals surface area contributed by atoms with E-state index >= 15 is 0 Å². The molecule has 3 unspecified atom stereocenters. The molecule has 30 heavy (non-hydrogen) atoms. The van der Waals surface area contributed by atoms with Crippen molar-refractivity contribution in [1.29, 1.82) is 0 Å². The molecule has 0 bridgehead atoms. The predicted octanol–water partition coefficient (Wildman–Crippen LogP) is 6.96. The van der Waals surface area contributed by atoms with Crippen molar-refractivity contribution in [2.45, 2.75) is 58.0 Å². The van der Waals surface area contributed by atoms with E-state index in [0.717, 1.165) is 6.42 Å². The van der Waals surface area contributed by atoms with E-state index in [9.17, 15) is 0 Å². The summed E-state index contributed by atoms with van der Waals surface area (Å²) in [6.45, 7) is 11.5. The smallest absolute Gasteiger partial charge is 0.101 e. The van der Waals surface area contributed by atoms with E-state index in [1.807, 2.05) is 0 Å². The highest BCUT2D eigenvalue weighted by Crippen LogP contribution is 2.47. The maximum Gasteiger partial charge on any atom is 0.101 e. The zero-order valence-electron chi connectivity index (χ0n) is 18.6. The number of rotatable bonds is 3. The number of fused-ring (bicyclic) bond motifs is 1. The highest BCUT2D eigenvalue weighted by molar-refractivity contribution is 7.68. The van der Waals surface area contributed by atoms with Crippen molar-refractivity contribution < 1.29 is 0 Å². The molecule has 3 aromatic carbocycles. The Morgan fingerprint density at radius 1 is 1.13 bits per heavy atom. The van der Waals surface area contributed by atoms with Crippen LogP contribution in [0.5, 0.6) is 0 Å². The lowest BCUT2D eigenvalue weighted by molar-refractivity contribution is 0.373. The molecule has 3 aromatic rings. The summed E-state index contributed by atoms with van der Waals surface area (Å²) in [5.41, 5.74) is 5.68. The Kier molecular flexibility index (Phi) is 4.84. The van der Waals surface area contributed by atoms with Crippen LogP contribution in [0.3, 0.4) is 0 Å². The Hall–Kier alpha value is -1.69. The van der Waals surface area contributed by atoms with E-state index in [1.165, 1.54) is 39.3 Å². The summed E-state index contributed by atoms with van der Waals surface area (Å²) >= 11 is 6.67. The highest BCUT2D eigenvalue weighted by Gasteiger charge is 2.38. The van der Waals surface area contributed by atoms with Crippen molar-refractivity contribution in [2.24, 2.45) is 0 Å². The van der Waals surface area contributed by atoms with Gasteiger partial charge in [-0.05, 0) is 89.5 Å². The first kappa shape index (κ1) is 20.2. The maximum atomic E-state index is 6.67. The van der Waals surface area contributed by atoms with Crippen molar-refractivity contribution in [1.82, 2.24) is 0 Å². The van der Waals surface area contributed by atoms with Crippen LogP contribution in [0.1, 0.15) is 63.6 Å². The van der Waals surface area contributed by atoms with Gasteiger partial charge in [0.1, 0.15) is 5.50 Å². The lowest BCUT2D eigenvalue weighted by atomic mass is 9.79. The monoisotopic (exact) mass is 435 g/mol. The minimum Gasteiger partial charge on any atom is -0.350 e. The molecular formula is C27H31ClNP. The zero-order chi connectivity index (χ0) is 21.2. The number of benzene rings is 3. The molecule has 2 aliphatic rings. The standard InChI is InChI=1S/C27H31ClNP/c1-6-30-24-12-8-10-19-9-7-11-21(25(19)24)26(30)20-13-14-23-22(15-20)17(2)16-27(4,5)29(23)18(3)28/h7-15,17-18,30H,6,16H2,1-5H3. The number of hydrogen-bond donors (Lipinski definition) is 0. The largest absolute Gasteiger partial charge is 0.350 e. The number of nitrogens with zero attached hydrogens (tertiary/aromatic N) is 1. The number of halogens is 1. The topological polar surface area (TPSA) is 3.24 Å². The molecule has 0 aromatic heterocycles. The van der Waals surface area contributed by atoms with Gasteiger partial charge in [-0.15, -0.1) is 0 Å². The van der Waals surface area contributed by atoms with Crippen LogP contribution in [0.25, 0.3) is 10.8 Å². The van der Waals surface area contributed by atoms with Crippen LogP contribution >= 0.6 is 19.1 Å². The SMILES string of the molecule is CC[PH]1=C(c2ccc3c(c2)C(C)CC(C)(C)N3C(C)Cl)c2cccc3cccc1c23. The maximum absolute atomic E-state index is 6.67. The molecular weight excluding hydrogens is 405 g/mol. The Morgan fingerprint density at radius 3 is 2.57 bits per heavy atom. The molecule has 2 heterocycles. The van der Waals surface area contributed by atoms with E-state index in [2.05, 4.69) is 94.1 Å². The van der Waals surface area contributed by atoms with E-state index in [4.69, 9.17) is 11.6 Å². The molecule has 156 valence electrons. The first-order valence-electron chi connectivity index (χ1n) is 11.2. The van der Waals surface area contributed by atoms with Crippen LogP contribution < -0.4 is 10.2 Å². The van der Waals surface area contributed by atoms with Gasteiger partial charge < -0.3 is 4.90 Å². The summed E-state index contributed by atoms with van der Waals surface area (Å²) in [6, 6.07) is 20.9. The predicted molar refractivity (Wildman–Crippen MR) is 137 cm³/mol. The van der Waals surface area contributed by atoms with Crippen LogP contribution in [0, 0.1) is 0 Å². The molecule has 0 radical (unpaired) electrons. The van der Waals surface area contributed by atoms with Crippen molar-refractivity contribution in [3.8, 4) is 0 Å². The average molecular weight is 436 g/mol. The third-order valence-corrected chi connectivity index (χ3v) is 10.2. The summed E-state index contributed by atoms with van der Waals surface area (Å²) in [5, 5.41) is 6.06. The van der Waals surface area contributed by atoms with Gasteiger partial charge in [-0.3, -0.25) is 0 Å². The molecule has 0 spiro atoms. The van der Waals surface area contributed by atoms with Crippen LogP contribution in [0.4, 0.5) is 5.69 Å². The Bertz CT molecular complexity index is 1190. The van der Waals surface area contributed by atoms with E-state index < -0.39 is 7.55 Å². The fourth-order valence-electron chi connectivity index (χ4n) is 6.08. The lowest BCUT2D eigenvalue weighted by Gasteiger charge is -2.49. The highest BCUT2D eigenvalue weighted by atomic mass is 35.5. The fourth-order valence-corrected chi connectivity index (χ4v) is 9.36. The second-order valence-electron chi connectivity index (χ2n) is 9.55. The van der Waals surface area contributed by atoms with Crippen molar-refractivity contribution in [3.05, 3.63) is 71.3 Å². The summed E-state index contributed by atoms with van der Waals surface area (Å²) in [6.07, 6.45) is 2.34. The van der Waals surface area contributed by atoms with Crippen molar-refractivity contribution in [3.63, 3.8) is 0 Å². The summed E-state index contributed by atoms with van der Waals surface area (Å²) < 4.78 is 0. The van der Waals surface area contributed by atoms with Gasteiger partial charge in [0.2, 0.25) is 0 Å². The van der Waals surface area contributed by atoms with Gasteiger partial charge >= 0.3 is 0 Å². The second kappa shape index (κ2) is 7.18. The fraction of sp³-hybridized carbons (Fsp3) is 0.370. The molecule has 2 aliphatic heterocycles. The second-order valence-corrected chi connectivity index (χ2v) is 12.9. The molecule has 0 saturated heterocycles. The zero-order valence-corrected chi connectivity index (χ0v) is 20.3. The quantitative estimate of drug-likeness (QED) is 0.244. The first-order valence-corrected chi connectivity index (χ1v) is 13.3. The summed E-state index contributed by atoms with van der Waals surface area (Å²) in [7, 11) is -0.768. The van der Waals surface area contributed by atoms with Crippen LogP contribution in [0.15, 0.2) is 54.6 Å². The summed E-state index contributed by atoms with van der Waals surface area (Å²) in [5.74, 6) is 0.527. The Labute approximate surface area is 186 Å². The molecule has 5 rings (SSSR count). The average Bonchev–Trinajstić information content (AvgIpc) is 3.02. The van der Waals surface area contributed by atoms with Crippen LogP contribution in [-0.4, -0.2) is 22.5 Å². The minimum absolute atomic E-state index is 0.0236. The van der Waals surface area contributed by atoms with Crippen molar-refractivity contribution in [2.75, 3.05) is 11.1 Å². The molecule has 0 amide bonds. The van der Waals surface area contributed by atoms with E-state index in [1.54, 1.807) is 10.6 Å². The van der Waals surface area contributed by atoms with Gasteiger partial charge in [-0.2, -0.15) is 0 Å². The molecule has 0 fully saturated rings.